The number of allylic oxidation sites excluding steroid dienone is 2. The van der Waals surface area contributed by atoms with Crippen LogP contribution in [0, 0.1) is 0 Å². The Kier molecular flexibility index (Phi) is 8.12. The summed E-state index contributed by atoms with van der Waals surface area (Å²) in [5, 5.41) is 22.2. The minimum Gasteiger partial charge on any atom is -0.507 e. The van der Waals surface area contributed by atoms with Crippen LogP contribution >= 0.6 is 0 Å². The third-order valence-corrected chi connectivity index (χ3v) is 7.65. The summed E-state index contributed by atoms with van der Waals surface area (Å²) in [6.45, 7) is 25.3. The molecule has 2 aromatic carbocycles. The predicted molar refractivity (Wildman–Crippen MR) is 166 cm³/mol. The van der Waals surface area contributed by atoms with Crippen molar-refractivity contribution >= 4 is 17.9 Å². The Morgan fingerprint density at radius 3 is 1.03 bits per heavy atom. The summed E-state index contributed by atoms with van der Waals surface area (Å²) in [5.74, 6) is 0.792. The molecule has 0 aliphatic heterocycles. The van der Waals surface area contributed by atoms with E-state index in [2.05, 4.69) is 83.1 Å². The van der Waals surface area contributed by atoms with E-state index in [1.165, 1.54) is 0 Å². The maximum Gasteiger partial charge on any atom is 0.185 e. The van der Waals surface area contributed by atoms with Gasteiger partial charge in [0.15, 0.2) is 5.78 Å². The highest BCUT2D eigenvalue weighted by Crippen LogP contribution is 2.42. The van der Waals surface area contributed by atoms with Crippen LogP contribution in [0.5, 0.6) is 11.5 Å². The van der Waals surface area contributed by atoms with Gasteiger partial charge in [-0.25, -0.2) is 0 Å². The van der Waals surface area contributed by atoms with Crippen LogP contribution in [0.1, 0.15) is 136 Å². The van der Waals surface area contributed by atoms with Crippen molar-refractivity contribution in [3.8, 4) is 11.5 Å². The maximum atomic E-state index is 13.8. The Balaban J connectivity index is 2.13. The SMILES string of the molecule is CC(C)(C)c1cc(/C=C2/CCC/C(=C\c3cc(C(C)(C)C)c(O)c(C(C)(C)C)c3)C2=O)cc(C(C)(C)C)c1O. The van der Waals surface area contributed by atoms with Gasteiger partial charge in [-0.15, -0.1) is 0 Å². The highest BCUT2D eigenvalue weighted by molar-refractivity contribution is 6.14. The summed E-state index contributed by atoms with van der Waals surface area (Å²) in [5.41, 5.74) is 6.22. The van der Waals surface area contributed by atoms with Crippen molar-refractivity contribution < 1.29 is 15.0 Å². The number of hydrogen-bond donors (Lipinski definition) is 2. The van der Waals surface area contributed by atoms with Gasteiger partial charge in [0.2, 0.25) is 0 Å². The standard InChI is InChI=1S/C36H50O3/c1-33(2,3)26-18-22(19-27(31(26)38)34(4,5)6)16-24-14-13-15-25(30(24)37)17-23-20-28(35(7,8)9)32(39)29(21-23)36(10,11)12/h16-21,38-39H,13-15H2,1-12H3/b24-16-,25-17+. The van der Waals surface area contributed by atoms with Gasteiger partial charge in [0.05, 0.1) is 0 Å². The van der Waals surface area contributed by atoms with Crippen molar-refractivity contribution in [3.05, 3.63) is 68.8 Å². The second-order valence-corrected chi connectivity index (χ2v) is 15.5. The molecule has 0 bridgehead atoms. The quantitative estimate of drug-likeness (QED) is 0.380. The van der Waals surface area contributed by atoms with E-state index in [4.69, 9.17) is 0 Å². The van der Waals surface area contributed by atoms with Crippen molar-refractivity contribution in [1.29, 1.82) is 0 Å². The molecule has 0 unspecified atom stereocenters. The van der Waals surface area contributed by atoms with E-state index in [-0.39, 0.29) is 27.4 Å². The molecule has 0 saturated heterocycles. The van der Waals surface area contributed by atoms with Crippen LogP contribution in [0.15, 0.2) is 35.4 Å². The fourth-order valence-electron chi connectivity index (χ4n) is 5.35. The summed E-state index contributed by atoms with van der Waals surface area (Å²) in [4.78, 5) is 13.8. The Morgan fingerprint density at radius 2 is 0.795 bits per heavy atom. The molecule has 1 aliphatic carbocycles. The van der Waals surface area contributed by atoms with Crippen LogP contribution in [-0.2, 0) is 26.5 Å². The lowest BCUT2D eigenvalue weighted by Gasteiger charge is -2.28. The van der Waals surface area contributed by atoms with Crippen LogP contribution in [0.3, 0.4) is 0 Å². The zero-order valence-electron chi connectivity index (χ0n) is 26.4. The fraction of sp³-hybridized carbons (Fsp3) is 0.528. The number of carbonyl (C=O) groups is 1. The molecule has 0 aromatic heterocycles. The summed E-state index contributed by atoms with van der Waals surface area (Å²) < 4.78 is 0. The average molecular weight is 531 g/mol. The minimum absolute atomic E-state index is 0.0895. The van der Waals surface area contributed by atoms with Gasteiger partial charge in [0, 0.05) is 33.4 Å². The molecule has 2 aromatic rings. The number of carbonyl (C=O) groups excluding carboxylic acids is 1. The topological polar surface area (TPSA) is 57.5 Å². The van der Waals surface area contributed by atoms with Crippen LogP contribution in [0.2, 0.25) is 0 Å². The van der Waals surface area contributed by atoms with Crippen molar-refractivity contribution in [2.45, 2.75) is 124 Å². The summed E-state index contributed by atoms with van der Waals surface area (Å²) in [6, 6.07) is 8.14. The molecular formula is C36H50O3. The zero-order chi connectivity index (χ0) is 29.7. The largest absolute Gasteiger partial charge is 0.507 e. The summed E-state index contributed by atoms with van der Waals surface area (Å²) >= 11 is 0. The van der Waals surface area contributed by atoms with Gasteiger partial charge >= 0.3 is 0 Å². The normalized spacial score (nSPS) is 17.8. The first-order chi connectivity index (χ1) is 17.6. The van der Waals surface area contributed by atoms with Crippen molar-refractivity contribution in [2.75, 3.05) is 0 Å². The fourth-order valence-corrected chi connectivity index (χ4v) is 5.35. The molecule has 0 spiro atoms. The lowest BCUT2D eigenvalue weighted by molar-refractivity contribution is -0.112. The van der Waals surface area contributed by atoms with Gasteiger partial charge in [-0.05, 0) is 88.5 Å². The third kappa shape index (κ3) is 6.86. The smallest absolute Gasteiger partial charge is 0.185 e. The number of rotatable bonds is 2. The first kappa shape index (κ1) is 30.7. The zero-order valence-corrected chi connectivity index (χ0v) is 26.4. The summed E-state index contributed by atoms with van der Waals surface area (Å²) in [6.07, 6.45) is 6.44. The van der Waals surface area contributed by atoms with E-state index < -0.39 is 0 Å². The molecule has 0 atom stereocenters. The first-order valence-electron chi connectivity index (χ1n) is 14.3. The van der Waals surface area contributed by atoms with E-state index in [0.717, 1.165) is 63.8 Å². The number of phenols is 2. The number of benzene rings is 2. The lowest BCUT2D eigenvalue weighted by Crippen LogP contribution is -2.18. The predicted octanol–water partition coefficient (Wildman–Crippen LogP) is 9.51. The third-order valence-electron chi connectivity index (χ3n) is 7.65. The molecule has 2 N–H and O–H groups in total. The van der Waals surface area contributed by atoms with E-state index in [0.29, 0.717) is 11.5 Å². The van der Waals surface area contributed by atoms with E-state index in [9.17, 15) is 15.0 Å². The van der Waals surface area contributed by atoms with Crippen LogP contribution in [0.25, 0.3) is 12.2 Å². The number of Topliss-reactive ketones (excluding diaryl/α,β-unsaturated/α-hetero) is 1. The van der Waals surface area contributed by atoms with E-state index >= 15 is 0 Å². The second kappa shape index (κ2) is 10.3. The highest BCUT2D eigenvalue weighted by Gasteiger charge is 2.29. The number of aromatic hydroxyl groups is 2. The monoisotopic (exact) mass is 530 g/mol. The minimum atomic E-state index is -0.228. The van der Waals surface area contributed by atoms with Crippen LogP contribution in [0.4, 0.5) is 0 Å². The van der Waals surface area contributed by atoms with Crippen LogP contribution < -0.4 is 0 Å². The van der Waals surface area contributed by atoms with Crippen molar-refractivity contribution in [3.63, 3.8) is 0 Å². The van der Waals surface area contributed by atoms with Gasteiger partial charge in [-0.1, -0.05) is 83.1 Å². The summed E-state index contributed by atoms with van der Waals surface area (Å²) in [7, 11) is 0. The van der Waals surface area contributed by atoms with Crippen molar-refractivity contribution in [2.24, 2.45) is 0 Å². The molecule has 1 aliphatic rings. The average Bonchev–Trinajstić information content (AvgIpc) is 2.75. The Labute approximate surface area is 237 Å². The van der Waals surface area contributed by atoms with E-state index in [1.807, 2.05) is 36.4 Å². The molecular weight excluding hydrogens is 480 g/mol. The molecule has 1 saturated carbocycles. The molecule has 1 fully saturated rings. The molecule has 212 valence electrons. The number of hydrogen-bond acceptors (Lipinski definition) is 3. The number of ketones is 1. The van der Waals surface area contributed by atoms with E-state index in [1.54, 1.807) is 0 Å². The molecule has 0 amide bonds. The molecule has 39 heavy (non-hydrogen) atoms. The Bertz CT molecular complexity index is 1150. The van der Waals surface area contributed by atoms with Gasteiger partial charge in [0.25, 0.3) is 0 Å². The Morgan fingerprint density at radius 1 is 0.538 bits per heavy atom. The molecule has 3 nitrogen and oxygen atoms in total. The molecule has 3 rings (SSSR count). The van der Waals surface area contributed by atoms with Crippen molar-refractivity contribution in [1.82, 2.24) is 0 Å². The van der Waals surface area contributed by atoms with Gasteiger partial charge in [-0.3, -0.25) is 4.79 Å². The molecule has 3 heteroatoms. The molecule has 0 heterocycles. The Hall–Kier alpha value is -2.81. The molecule has 0 radical (unpaired) electrons. The first-order valence-corrected chi connectivity index (χ1v) is 14.3. The maximum absolute atomic E-state index is 13.8. The highest BCUT2D eigenvalue weighted by atomic mass is 16.3. The van der Waals surface area contributed by atoms with Gasteiger partial charge in [-0.2, -0.15) is 0 Å². The van der Waals surface area contributed by atoms with Gasteiger partial charge in [0.1, 0.15) is 11.5 Å². The lowest BCUT2D eigenvalue weighted by atomic mass is 9.77. The van der Waals surface area contributed by atoms with Gasteiger partial charge < -0.3 is 10.2 Å². The van der Waals surface area contributed by atoms with Crippen LogP contribution in [-0.4, -0.2) is 16.0 Å². The second-order valence-electron chi connectivity index (χ2n) is 15.5. The number of phenolic OH excluding ortho intramolecular Hbond substituents is 2.